The van der Waals surface area contributed by atoms with Crippen molar-refractivity contribution in [3.8, 4) is 0 Å². The summed E-state index contributed by atoms with van der Waals surface area (Å²) < 4.78 is 31.8. The van der Waals surface area contributed by atoms with Crippen molar-refractivity contribution in [3.05, 3.63) is 29.3 Å². The first-order chi connectivity index (χ1) is 10.2. The van der Waals surface area contributed by atoms with Crippen molar-refractivity contribution in [2.45, 2.75) is 44.0 Å². The van der Waals surface area contributed by atoms with E-state index in [0.29, 0.717) is 24.0 Å². The number of esters is 1. The van der Waals surface area contributed by atoms with Crippen molar-refractivity contribution >= 4 is 16.0 Å². The number of benzene rings is 1. The zero-order chi connectivity index (χ0) is 17.0. The maximum Gasteiger partial charge on any atom is 0.338 e. The van der Waals surface area contributed by atoms with Crippen LogP contribution in [-0.2, 0) is 14.8 Å². The first-order valence-corrected chi connectivity index (χ1v) is 8.65. The van der Waals surface area contributed by atoms with Gasteiger partial charge in [-0.2, -0.15) is 0 Å². The van der Waals surface area contributed by atoms with Crippen molar-refractivity contribution in [2.24, 2.45) is 5.73 Å². The molecule has 0 bridgehead atoms. The maximum absolute atomic E-state index is 12.3. The molecular formula is C15H24N2O4S. The summed E-state index contributed by atoms with van der Waals surface area (Å²) in [7, 11) is -2.39. The summed E-state index contributed by atoms with van der Waals surface area (Å²) in [5.41, 5.74) is 6.43. The Balaban J connectivity index is 2.99. The Morgan fingerprint density at radius 1 is 1.32 bits per heavy atom. The Hall–Kier alpha value is -1.44. The Kier molecular flexibility index (Phi) is 6.10. The average molecular weight is 328 g/mol. The predicted molar refractivity (Wildman–Crippen MR) is 85.2 cm³/mol. The first-order valence-electron chi connectivity index (χ1n) is 7.16. The predicted octanol–water partition coefficient (Wildman–Crippen LogP) is 1.58. The minimum atomic E-state index is -3.67. The van der Waals surface area contributed by atoms with Gasteiger partial charge in [0.1, 0.15) is 0 Å². The number of ether oxygens (including phenoxy) is 1. The average Bonchev–Trinajstić information content (AvgIpc) is 2.51. The highest BCUT2D eigenvalue weighted by atomic mass is 32.2. The van der Waals surface area contributed by atoms with Gasteiger partial charge in [0.2, 0.25) is 10.0 Å². The molecule has 0 fully saturated rings. The summed E-state index contributed by atoms with van der Waals surface area (Å²) in [6.07, 6.45) is 1.35. The molecule has 1 rings (SSSR count). The van der Waals surface area contributed by atoms with Gasteiger partial charge in [-0.3, -0.25) is 0 Å². The maximum atomic E-state index is 12.3. The van der Waals surface area contributed by atoms with Crippen LogP contribution in [0.1, 0.15) is 42.6 Å². The number of nitrogens with one attached hydrogen (secondary N) is 1. The zero-order valence-electron chi connectivity index (χ0n) is 13.5. The number of aryl methyl sites for hydroxylation is 1. The molecule has 3 N–H and O–H groups in total. The molecule has 0 saturated heterocycles. The number of carbonyl (C=O) groups excluding carboxylic acids is 1. The molecule has 0 aliphatic carbocycles. The molecular weight excluding hydrogens is 304 g/mol. The van der Waals surface area contributed by atoms with Crippen LogP contribution in [0.2, 0.25) is 0 Å². The van der Waals surface area contributed by atoms with Crippen LogP contribution in [0.15, 0.2) is 23.1 Å². The van der Waals surface area contributed by atoms with E-state index in [1.807, 2.05) is 13.8 Å². The molecule has 0 aliphatic heterocycles. The van der Waals surface area contributed by atoms with Crippen LogP contribution in [0, 0.1) is 6.92 Å². The molecule has 124 valence electrons. The van der Waals surface area contributed by atoms with Crippen LogP contribution in [0.5, 0.6) is 0 Å². The van der Waals surface area contributed by atoms with Crippen molar-refractivity contribution < 1.29 is 17.9 Å². The highest BCUT2D eigenvalue weighted by Crippen LogP contribution is 2.17. The molecule has 7 heteroatoms. The molecule has 0 amide bonds. The van der Waals surface area contributed by atoms with Crippen molar-refractivity contribution in [1.29, 1.82) is 0 Å². The standard InChI is InChI=1S/C15H24N2O4S/c1-5-15(16,6-2)10-17-22(19,20)12-7-8-13(11(3)9-12)14(18)21-4/h7-9,17H,5-6,10,16H2,1-4H3. The molecule has 1 aromatic rings. The fourth-order valence-corrected chi connectivity index (χ4v) is 3.19. The Bertz CT molecular complexity index is 637. The number of hydrogen-bond acceptors (Lipinski definition) is 5. The molecule has 0 spiro atoms. The molecule has 0 atom stereocenters. The quantitative estimate of drug-likeness (QED) is 0.740. The van der Waals surface area contributed by atoms with E-state index >= 15 is 0 Å². The number of rotatable bonds is 7. The second kappa shape index (κ2) is 7.21. The van der Waals surface area contributed by atoms with Crippen molar-refractivity contribution in [3.63, 3.8) is 0 Å². The van der Waals surface area contributed by atoms with Gasteiger partial charge in [-0.15, -0.1) is 0 Å². The van der Waals surface area contributed by atoms with Gasteiger partial charge >= 0.3 is 5.97 Å². The number of sulfonamides is 1. The number of nitrogens with two attached hydrogens (primary N) is 1. The van der Waals surface area contributed by atoms with Crippen LogP contribution in [0.4, 0.5) is 0 Å². The second-order valence-electron chi connectivity index (χ2n) is 5.36. The third kappa shape index (κ3) is 4.28. The lowest BCUT2D eigenvalue weighted by atomic mass is 9.95. The van der Waals surface area contributed by atoms with E-state index in [1.54, 1.807) is 6.92 Å². The molecule has 0 radical (unpaired) electrons. The van der Waals surface area contributed by atoms with Gasteiger partial charge in [0.15, 0.2) is 0 Å². The molecule has 0 heterocycles. The summed E-state index contributed by atoms with van der Waals surface area (Å²) in [5, 5.41) is 0. The van der Waals surface area contributed by atoms with Gasteiger partial charge in [-0.1, -0.05) is 13.8 Å². The summed E-state index contributed by atoms with van der Waals surface area (Å²) >= 11 is 0. The van der Waals surface area contributed by atoms with Crippen LogP contribution in [0.3, 0.4) is 0 Å². The molecule has 22 heavy (non-hydrogen) atoms. The van der Waals surface area contributed by atoms with E-state index in [-0.39, 0.29) is 11.4 Å². The largest absolute Gasteiger partial charge is 0.465 e. The van der Waals surface area contributed by atoms with E-state index in [9.17, 15) is 13.2 Å². The lowest BCUT2D eigenvalue weighted by molar-refractivity contribution is 0.0600. The summed E-state index contributed by atoms with van der Waals surface area (Å²) in [6.45, 7) is 5.68. The van der Waals surface area contributed by atoms with Crippen molar-refractivity contribution in [1.82, 2.24) is 4.72 Å². The first kappa shape index (κ1) is 18.6. The minimum Gasteiger partial charge on any atom is -0.465 e. The van der Waals surface area contributed by atoms with Gasteiger partial charge in [0.25, 0.3) is 0 Å². The van der Waals surface area contributed by atoms with Gasteiger partial charge < -0.3 is 10.5 Å². The molecule has 0 aliphatic rings. The van der Waals surface area contributed by atoms with Crippen LogP contribution in [0.25, 0.3) is 0 Å². The lowest BCUT2D eigenvalue weighted by Crippen LogP contribution is -2.49. The Morgan fingerprint density at radius 3 is 2.36 bits per heavy atom. The van der Waals surface area contributed by atoms with E-state index in [2.05, 4.69) is 9.46 Å². The summed E-state index contributed by atoms with van der Waals surface area (Å²) in [6, 6.07) is 4.29. The third-order valence-electron chi connectivity index (χ3n) is 3.94. The van der Waals surface area contributed by atoms with E-state index in [4.69, 9.17) is 5.73 Å². The third-order valence-corrected chi connectivity index (χ3v) is 5.33. The molecule has 0 saturated carbocycles. The minimum absolute atomic E-state index is 0.104. The molecule has 0 unspecified atom stereocenters. The summed E-state index contributed by atoms with van der Waals surface area (Å²) in [4.78, 5) is 11.6. The van der Waals surface area contributed by atoms with Crippen LogP contribution < -0.4 is 10.5 Å². The molecule has 0 aromatic heterocycles. The van der Waals surface area contributed by atoms with Gasteiger partial charge in [0.05, 0.1) is 17.6 Å². The highest BCUT2D eigenvalue weighted by molar-refractivity contribution is 7.89. The SMILES string of the molecule is CCC(N)(CC)CNS(=O)(=O)c1ccc(C(=O)OC)c(C)c1. The van der Waals surface area contributed by atoms with E-state index in [1.165, 1.54) is 25.3 Å². The highest BCUT2D eigenvalue weighted by Gasteiger charge is 2.24. The van der Waals surface area contributed by atoms with Gasteiger partial charge in [-0.25, -0.2) is 17.9 Å². The normalized spacial score (nSPS) is 12.2. The van der Waals surface area contributed by atoms with Gasteiger partial charge in [0, 0.05) is 12.1 Å². The number of methoxy groups -OCH3 is 1. The second-order valence-corrected chi connectivity index (χ2v) is 7.13. The monoisotopic (exact) mass is 328 g/mol. The topological polar surface area (TPSA) is 98.5 Å². The van der Waals surface area contributed by atoms with E-state index < -0.39 is 21.5 Å². The van der Waals surface area contributed by atoms with Crippen LogP contribution >= 0.6 is 0 Å². The van der Waals surface area contributed by atoms with Crippen molar-refractivity contribution in [2.75, 3.05) is 13.7 Å². The van der Waals surface area contributed by atoms with E-state index in [0.717, 1.165) is 0 Å². The Labute approximate surface area is 132 Å². The number of hydrogen-bond donors (Lipinski definition) is 2. The smallest absolute Gasteiger partial charge is 0.338 e. The summed E-state index contributed by atoms with van der Waals surface area (Å²) in [5.74, 6) is -0.493. The molecule has 6 nitrogen and oxygen atoms in total. The zero-order valence-corrected chi connectivity index (χ0v) is 14.3. The lowest BCUT2D eigenvalue weighted by Gasteiger charge is -2.26. The fourth-order valence-electron chi connectivity index (χ4n) is 1.96. The Morgan fingerprint density at radius 2 is 1.91 bits per heavy atom. The van der Waals surface area contributed by atoms with Gasteiger partial charge in [-0.05, 0) is 43.5 Å². The fraction of sp³-hybridized carbons (Fsp3) is 0.533. The molecule has 1 aromatic carbocycles. The van der Waals surface area contributed by atoms with Crippen LogP contribution in [-0.4, -0.2) is 33.6 Å². The number of carbonyl (C=O) groups is 1.